The number of carbonyl (C=O) groups is 4. The van der Waals surface area contributed by atoms with E-state index < -0.39 is 30.0 Å². The minimum Gasteiger partial charge on any atom is -0.490 e. The van der Waals surface area contributed by atoms with Gasteiger partial charge < -0.3 is 29.1 Å². The van der Waals surface area contributed by atoms with Crippen molar-refractivity contribution in [1.82, 2.24) is 10.2 Å². The number of carbonyl (C=O) groups excluding carboxylic acids is 3. The molecule has 0 aliphatic carbocycles. The normalized spacial score (nSPS) is 15.2. The Morgan fingerprint density at radius 1 is 1.26 bits per heavy atom. The molecule has 1 aliphatic heterocycles. The molecule has 186 valence electrons. The molecule has 3 rings (SSSR count). The maximum Gasteiger partial charge on any atom is 0.373 e. The average molecular weight is 616 g/mol. The number of amides is 3. The van der Waals surface area contributed by atoms with Crippen molar-refractivity contribution in [2.45, 2.75) is 26.5 Å². The van der Waals surface area contributed by atoms with E-state index in [1.807, 2.05) is 0 Å². The predicted molar refractivity (Wildman–Crippen MR) is 128 cm³/mol. The van der Waals surface area contributed by atoms with Gasteiger partial charge in [-0.05, 0) is 75.5 Å². The summed E-state index contributed by atoms with van der Waals surface area (Å²) in [5, 5.41) is 11.7. The molecule has 2 aromatic rings. The first-order chi connectivity index (χ1) is 16.6. The van der Waals surface area contributed by atoms with Gasteiger partial charge in [0.15, 0.2) is 17.6 Å². The third kappa shape index (κ3) is 5.68. The Balaban J connectivity index is 1.90. The minimum atomic E-state index is -1.16. The SMILES string of the molecule is CCOc1cc(/C=C2\NC(=O)N(Cc3ccc(C(=O)OC)o3)C2=O)c(Br)c(Br)c1O[C@@H](C)C(=O)O. The van der Waals surface area contributed by atoms with Crippen LogP contribution in [0.4, 0.5) is 4.79 Å². The van der Waals surface area contributed by atoms with Gasteiger partial charge in [-0.15, -0.1) is 0 Å². The van der Waals surface area contributed by atoms with Crippen LogP contribution in [0.5, 0.6) is 11.5 Å². The fourth-order valence-electron chi connectivity index (χ4n) is 3.01. The van der Waals surface area contributed by atoms with E-state index in [2.05, 4.69) is 41.9 Å². The number of hydrogen-bond acceptors (Lipinski definition) is 8. The minimum absolute atomic E-state index is 0.0163. The molecule has 1 atom stereocenters. The van der Waals surface area contributed by atoms with E-state index in [1.54, 1.807) is 13.0 Å². The summed E-state index contributed by atoms with van der Waals surface area (Å²) in [6.07, 6.45) is 0.288. The van der Waals surface area contributed by atoms with Gasteiger partial charge >= 0.3 is 18.0 Å². The van der Waals surface area contributed by atoms with Gasteiger partial charge in [-0.1, -0.05) is 0 Å². The number of aliphatic carboxylic acids is 1. The molecule has 0 radical (unpaired) electrons. The van der Waals surface area contributed by atoms with Crippen LogP contribution in [0, 0.1) is 0 Å². The number of carboxylic acids is 1. The highest BCUT2D eigenvalue weighted by Crippen LogP contribution is 2.44. The van der Waals surface area contributed by atoms with Gasteiger partial charge in [-0.2, -0.15) is 0 Å². The molecule has 0 spiro atoms. The molecule has 1 aliphatic rings. The van der Waals surface area contributed by atoms with Gasteiger partial charge in [-0.3, -0.25) is 9.69 Å². The molecule has 11 nitrogen and oxygen atoms in total. The zero-order valence-corrected chi connectivity index (χ0v) is 21.9. The molecule has 35 heavy (non-hydrogen) atoms. The molecule has 3 amide bonds. The number of nitrogens with one attached hydrogen (secondary N) is 1. The molecule has 2 heterocycles. The highest BCUT2D eigenvalue weighted by molar-refractivity contribution is 9.13. The molecule has 1 fully saturated rings. The summed E-state index contributed by atoms with van der Waals surface area (Å²) in [5.41, 5.74) is 0.435. The van der Waals surface area contributed by atoms with Crippen LogP contribution in [-0.2, 0) is 20.9 Å². The second-order valence-corrected chi connectivity index (χ2v) is 8.68. The third-order valence-corrected chi connectivity index (χ3v) is 6.87. The van der Waals surface area contributed by atoms with Crippen molar-refractivity contribution >= 4 is 61.8 Å². The lowest BCUT2D eigenvalue weighted by Crippen LogP contribution is -2.30. The van der Waals surface area contributed by atoms with Crippen LogP contribution in [0.15, 0.2) is 37.3 Å². The van der Waals surface area contributed by atoms with E-state index in [-0.39, 0.29) is 41.9 Å². The van der Waals surface area contributed by atoms with Crippen molar-refractivity contribution in [3.8, 4) is 11.5 Å². The Bertz CT molecular complexity index is 1220. The van der Waals surface area contributed by atoms with Crippen LogP contribution in [-0.4, -0.2) is 53.7 Å². The number of rotatable bonds is 9. The van der Waals surface area contributed by atoms with E-state index in [0.29, 0.717) is 14.5 Å². The van der Waals surface area contributed by atoms with Gasteiger partial charge in [0.05, 0.1) is 24.7 Å². The van der Waals surface area contributed by atoms with Crippen LogP contribution in [0.25, 0.3) is 6.08 Å². The molecule has 1 saturated heterocycles. The number of nitrogens with zero attached hydrogens (tertiary/aromatic N) is 1. The van der Waals surface area contributed by atoms with E-state index in [4.69, 9.17) is 13.9 Å². The van der Waals surface area contributed by atoms with Gasteiger partial charge in [0, 0.05) is 4.47 Å². The Hall–Kier alpha value is -3.32. The Morgan fingerprint density at radius 2 is 1.97 bits per heavy atom. The summed E-state index contributed by atoms with van der Waals surface area (Å²) in [6.45, 7) is 3.19. The molecule has 0 unspecified atom stereocenters. The van der Waals surface area contributed by atoms with Crippen LogP contribution in [0.3, 0.4) is 0 Å². The number of imide groups is 1. The van der Waals surface area contributed by atoms with Gasteiger partial charge in [0.1, 0.15) is 11.5 Å². The van der Waals surface area contributed by atoms with Crippen molar-refractivity contribution in [2.75, 3.05) is 13.7 Å². The number of esters is 1. The molecule has 1 aromatic carbocycles. The summed E-state index contributed by atoms with van der Waals surface area (Å²) in [6, 6.07) is 3.72. The number of carboxylic acid groups (broad SMARTS) is 1. The summed E-state index contributed by atoms with van der Waals surface area (Å²) in [4.78, 5) is 49.1. The fraction of sp³-hybridized carbons (Fsp3) is 0.273. The molecule has 2 N–H and O–H groups in total. The Kier molecular flexibility index (Phi) is 8.22. The van der Waals surface area contributed by atoms with Gasteiger partial charge in [-0.25, -0.2) is 14.4 Å². The second-order valence-electron chi connectivity index (χ2n) is 7.09. The van der Waals surface area contributed by atoms with Crippen LogP contribution < -0.4 is 14.8 Å². The van der Waals surface area contributed by atoms with E-state index >= 15 is 0 Å². The van der Waals surface area contributed by atoms with E-state index in [9.17, 15) is 24.3 Å². The number of ether oxygens (including phenoxy) is 3. The Labute approximate surface area is 216 Å². The van der Waals surface area contributed by atoms with Crippen LogP contribution >= 0.6 is 31.9 Å². The largest absolute Gasteiger partial charge is 0.490 e. The number of methoxy groups -OCH3 is 1. The Morgan fingerprint density at radius 3 is 2.60 bits per heavy atom. The maximum absolute atomic E-state index is 12.9. The second kappa shape index (κ2) is 11.0. The van der Waals surface area contributed by atoms with Crippen molar-refractivity contribution in [1.29, 1.82) is 0 Å². The molecule has 0 bridgehead atoms. The van der Waals surface area contributed by atoms with Gasteiger partial charge in [0.2, 0.25) is 5.76 Å². The lowest BCUT2D eigenvalue weighted by molar-refractivity contribution is -0.144. The van der Waals surface area contributed by atoms with Crippen molar-refractivity contribution in [3.63, 3.8) is 0 Å². The molecular weight excluding hydrogens is 596 g/mol. The first kappa shape index (κ1) is 26.3. The standard InChI is InChI=1S/C22H20Br2N2O9/c1-4-33-15-8-11(16(23)17(24)18(15)34-10(2)20(28)29)7-13-19(27)26(22(31)25-13)9-12-5-6-14(35-12)21(30)32-3/h5-8,10H,4,9H2,1-3H3,(H,25,31)(H,28,29)/b13-7-/t10-/m0/s1. The van der Waals surface area contributed by atoms with Crippen LogP contribution in [0.2, 0.25) is 0 Å². The average Bonchev–Trinajstić information content (AvgIpc) is 3.39. The van der Waals surface area contributed by atoms with Crippen molar-refractivity contribution in [2.24, 2.45) is 0 Å². The lowest BCUT2D eigenvalue weighted by Gasteiger charge is -2.18. The van der Waals surface area contributed by atoms with Gasteiger partial charge in [0.25, 0.3) is 5.91 Å². The van der Waals surface area contributed by atoms with Crippen LogP contribution in [0.1, 0.15) is 35.7 Å². The number of halogens is 2. The van der Waals surface area contributed by atoms with E-state index in [1.165, 1.54) is 32.2 Å². The number of urea groups is 1. The summed E-state index contributed by atoms with van der Waals surface area (Å²) < 4.78 is 21.9. The van der Waals surface area contributed by atoms with E-state index in [0.717, 1.165) is 4.90 Å². The highest BCUT2D eigenvalue weighted by Gasteiger charge is 2.35. The van der Waals surface area contributed by atoms with Crippen molar-refractivity contribution < 1.29 is 42.9 Å². The third-order valence-electron chi connectivity index (χ3n) is 4.72. The molecule has 1 aromatic heterocycles. The summed E-state index contributed by atoms with van der Waals surface area (Å²) in [7, 11) is 1.21. The quantitative estimate of drug-likeness (QED) is 0.243. The summed E-state index contributed by atoms with van der Waals surface area (Å²) in [5.74, 6) is -1.89. The predicted octanol–water partition coefficient (Wildman–Crippen LogP) is 3.93. The number of benzene rings is 1. The fourth-order valence-corrected chi connectivity index (χ4v) is 3.94. The molecular formula is C22H20Br2N2O9. The highest BCUT2D eigenvalue weighted by atomic mass is 79.9. The zero-order valence-electron chi connectivity index (χ0n) is 18.7. The first-order valence-electron chi connectivity index (χ1n) is 10.1. The monoisotopic (exact) mass is 614 g/mol. The maximum atomic E-state index is 12.9. The molecule has 0 saturated carbocycles. The lowest BCUT2D eigenvalue weighted by atomic mass is 10.1. The zero-order chi connectivity index (χ0) is 25.9. The smallest absolute Gasteiger partial charge is 0.373 e. The van der Waals surface area contributed by atoms with Crippen molar-refractivity contribution in [3.05, 3.63) is 49.9 Å². The molecule has 13 heteroatoms. The first-order valence-corrected chi connectivity index (χ1v) is 11.7. The summed E-state index contributed by atoms with van der Waals surface area (Å²) >= 11 is 6.78. The number of hydrogen-bond donors (Lipinski definition) is 2. The number of furan rings is 1. The topological polar surface area (TPSA) is 145 Å².